The molecule has 2 heterocycles. The number of carbonyl (C=O) groups is 1. The summed E-state index contributed by atoms with van der Waals surface area (Å²) in [6.07, 6.45) is 3.79. The number of halogens is 1. The minimum absolute atomic E-state index is 0.0950. The van der Waals surface area contributed by atoms with Gasteiger partial charge in [-0.25, -0.2) is 0 Å². The van der Waals surface area contributed by atoms with E-state index < -0.39 is 23.4 Å². The van der Waals surface area contributed by atoms with Gasteiger partial charge in [-0.15, -0.1) is 0 Å². The highest BCUT2D eigenvalue weighted by atomic mass is 35.5. The molecule has 2 aliphatic heterocycles. The SMILES string of the molecule is CC(=O)C1C(c2ccccc2Cl)C(C#N)(C#N)C2C=Cc3ccccc3N12. The van der Waals surface area contributed by atoms with Crippen molar-refractivity contribution in [2.45, 2.75) is 24.9 Å². The summed E-state index contributed by atoms with van der Waals surface area (Å²) in [6, 6.07) is 18.2. The molecule has 1 fully saturated rings. The van der Waals surface area contributed by atoms with Crippen LogP contribution in [0.4, 0.5) is 5.69 Å². The number of ketones is 1. The Kier molecular flexibility index (Phi) is 4.02. The molecule has 2 aromatic carbocycles. The zero-order valence-corrected chi connectivity index (χ0v) is 15.4. The summed E-state index contributed by atoms with van der Waals surface area (Å²) in [5.41, 5.74) is 1.05. The first-order valence-corrected chi connectivity index (χ1v) is 9.06. The number of Topliss-reactive ketones (excluding diaryl/α,β-unsaturated/α-hetero) is 1. The van der Waals surface area contributed by atoms with Crippen LogP contribution in [0, 0.1) is 28.1 Å². The number of rotatable bonds is 2. The van der Waals surface area contributed by atoms with Gasteiger partial charge >= 0.3 is 0 Å². The van der Waals surface area contributed by atoms with Gasteiger partial charge in [-0.1, -0.05) is 60.2 Å². The predicted octanol–water partition coefficient (Wildman–Crippen LogP) is 4.33. The quantitative estimate of drug-likeness (QED) is 0.785. The first-order valence-electron chi connectivity index (χ1n) is 8.68. The number of benzene rings is 2. The summed E-state index contributed by atoms with van der Waals surface area (Å²) in [7, 11) is 0. The van der Waals surface area contributed by atoms with Crippen molar-refractivity contribution in [2.24, 2.45) is 5.41 Å². The zero-order chi connectivity index (χ0) is 19.2. The molecule has 0 radical (unpaired) electrons. The Labute approximate surface area is 162 Å². The van der Waals surface area contributed by atoms with Gasteiger partial charge in [0, 0.05) is 16.6 Å². The summed E-state index contributed by atoms with van der Waals surface area (Å²) in [5.74, 6) is -0.748. The van der Waals surface area contributed by atoms with E-state index in [1.807, 2.05) is 47.4 Å². The second kappa shape index (κ2) is 6.27. The average Bonchev–Trinajstić information content (AvgIpc) is 2.99. The smallest absolute Gasteiger partial charge is 0.176 e. The zero-order valence-electron chi connectivity index (χ0n) is 14.6. The number of nitriles is 2. The van der Waals surface area contributed by atoms with E-state index in [1.54, 1.807) is 18.2 Å². The summed E-state index contributed by atoms with van der Waals surface area (Å²) >= 11 is 6.45. The van der Waals surface area contributed by atoms with Crippen molar-refractivity contribution in [3.05, 3.63) is 70.8 Å². The second-order valence-corrected chi connectivity index (χ2v) is 7.32. The molecule has 0 spiro atoms. The van der Waals surface area contributed by atoms with Crippen LogP contribution in [0.1, 0.15) is 24.0 Å². The highest BCUT2D eigenvalue weighted by Gasteiger charge is 2.63. The van der Waals surface area contributed by atoms with E-state index in [9.17, 15) is 15.3 Å². The molecule has 4 nitrogen and oxygen atoms in total. The molecule has 3 unspecified atom stereocenters. The summed E-state index contributed by atoms with van der Waals surface area (Å²) in [4.78, 5) is 14.7. The molecule has 5 heteroatoms. The van der Waals surface area contributed by atoms with Crippen LogP contribution < -0.4 is 4.90 Å². The maximum absolute atomic E-state index is 12.8. The van der Waals surface area contributed by atoms with Crippen LogP contribution in [-0.4, -0.2) is 17.9 Å². The molecule has 1 saturated heterocycles. The van der Waals surface area contributed by atoms with Gasteiger partial charge in [0.05, 0.1) is 24.2 Å². The number of fused-ring (bicyclic) bond motifs is 3. The lowest BCUT2D eigenvalue weighted by Crippen LogP contribution is -2.43. The fraction of sp³-hybridized carbons (Fsp3) is 0.227. The minimum Gasteiger partial charge on any atom is -0.351 e. The van der Waals surface area contributed by atoms with E-state index in [1.165, 1.54) is 6.92 Å². The molecule has 2 aliphatic rings. The monoisotopic (exact) mass is 373 g/mol. The maximum Gasteiger partial charge on any atom is 0.176 e. The highest BCUT2D eigenvalue weighted by molar-refractivity contribution is 6.31. The molecule has 3 atom stereocenters. The molecule has 132 valence electrons. The Bertz CT molecular complexity index is 1030. The maximum atomic E-state index is 12.8. The molecular formula is C22H16ClN3O. The Morgan fingerprint density at radius 1 is 1.11 bits per heavy atom. The second-order valence-electron chi connectivity index (χ2n) is 6.92. The molecular weight excluding hydrogens is 358 g/mol. The van der Waals surface area contributed by atoms with Crippen LogP contribution in [0.25, 0.3) is 6.08 Å². The molecule has 4 rings (SSSR count). The van der Waals surface area contributed by atoms with Crippen molar-refractivity contribution in [3.63, 3.8) is 0 Å². The van der Waals surface area contributed by atoms with Gasteiger partial charge in [0.2, 0.25) is 0 Å². The van der Waals surface area contributed by atoms with Crippen LogP contribution in [-0.2, 0) is 4.79 Å². The van der Waals surface area contributed by atoms with Crippen molar-refractivity contribution in [1.29, 1.82) is 10.5 Å². The number of hydrogen-bond acceptors (Lipinski definition) is 4. The van der Waals surface area contributed by atoms with E-state index in [0.29, 0.717) is 10.6 Å². The Morgan fingerprint density at radius 2 is 1.78 bits per heavy atom. The third-order valence-corrected chi connectivity index (χ3v) is 5.92. The Balaban J connectivity index is 2.03. The van der Waals surface area contributed by atoms with Gasteiger partial charge in [-0.3, -0.25) is 4.79 Å². The third-order valence-electron chi connectivity index (χ3n) is 5.57. The van der Waals surface area contributed by atoms with E-state index in [-0.39, 0.29) is 5.78 Å². The molecule has 0 N–H and O–H groups in total. The predicted molar refractivity (Wildman–Crippen MR) is 104 cm³/mol. The Morgan fingerprint density at radius 3 is 2.44 bits per heavy atom. The van der Waals surface area contributed by atoms with Crippen molar-refractivity contribution < 1.29 is 4.79 Å². The first kappa shape index (κ1) is 17.3. The van der Waals surface area contributed by atoms with Gasteiger partial charge in [0.25, 0.3) is 0 Å². The van der Waals surface area contributed by atoms with E-state index >= 15 is 0 Å². The van der Waals surface area contributed by atoms with E-state index in [0.717, 1.165) is 11.3 Å². The van der Waals surface area contributed by atoms with Crippen molar-refractivity contribution in [3.8, 4) is 12.1 Å². The van der Waals surface area contributed by atoms with Crippen molar-refractivity contribution >= 4 is 29.1 Å². The molecule has 0 amide bonds. The van der Waals surface area contributed by atoms with Crippen molar-refractivity contribution in [1.82, 2.24) is 0 Å². The van der Waals surface area contributed by atoms with E-state index in [4.69, 9.17) is 11.6 Å². The lowest BCUT2D eigenvalue weighted by molar-refractivity contribution is -0.118. The number of hydrogen-bond donors (Lipinski definition) is 0. The first-order chi connectivity index (χ1) is 13.0. The molecule has 27 heavy (non-hydrogen) atoms. The van der Waals surface area contributed by atoms with Crippen LogP contribution in [0.3, 0.4) is 0 Å². The molecule has 0 bridgehead atoms. The number of anilines is 1. The Hall–Kier alpha value is -3.08. The summed E-state index contributed by atoms with van der Waals surface area (Å²) in [6.45, 7) is 1.51. The third kappa shape index (κ3) is 2.31. The van der Waals surface area contributed by atoms with Crippen LogP contribution in [0.2, 0.25) is 5.02 Å². The summed E-state index contributed by atoms with van der Waals surface area (Å²) < 4.78 is 0. The molecule has 0 aliphatic carbocycles. The molecule has 0 aromatic heterocycles. The number of nitrogens with zero attached hydrogens (tertiary/aromatic N) is 3. The van der Waals surface area contributed by atoms with E-state index in [2.05, 4.69) is 12.1 Å². The lowest BCUT2D eigenvalue weighted by atomic mass is 9.69. The normalized spacial score (nSPS) is 24.4. The summed E-state index contributed by atoms with van der Waals surface area (Å²) in [5, 5.41) is 20.7. The lowest BCUT2D eigenvalue weighted by Gasteiger charge is -2.35. The van der Waals surface area contributed by atoms with Gasteiger partial charge < -0.3 is 4.90 Å². The molecule has 0 saturated carbocycles. The highest BCUT2D eigenvalue weighted by Crippen LogP contribution is 2.55. The number of para-hydroxylation sites is 1. The van der Waals surface area contributed by atoms with Gasteiger partial charge in [-0.2, -0.15) is 10.5 Å². The van der Waals surface area contributed by atoms with Gasteiger partial charge in [0.1, 0.15) is 0 Å². The van der Waals surface area contributed by atoms with Crippen LogP contribution in [0.15, 0.2) is 54.6 Å². The fourth-order valence-corrected chi connectivity index (χ4v) is 4.71. The standard InChI is InChI=1S/C22H16ClN3O/c1-14(27)21-20(16-7-3-4-8-17(16)23)22(12-24,13-25)19-11-10-15-6-2-5-9-18(15)26(19)21/h2-11,19-21H,1H3. The molecule has 2 aromatic rings. The average molecular weight is 374 g/mol. The topological polar surface area (TPSA) is 67.9 Å². The van der Waals surface area contributed by atoms with Crippen LogP contribution in [0.5, 0.6) is 0 Å². The largest absolute Gasteiger partial charge is 0.351 e. The number of carbonyl (C=O) groups excluding carboxylic acids is 1. The van der Waals surface area contributed by atoms with Gasteiger partial charge in [-0.05, 0) is 30.2 Å². The van der Waals surface area contributed by atoms with Crippen molar-refractivity contribution in [2.75, 3.05) is 4.90 Å². The minimum atomic E-state index is -1.43. The fourth-order valence-electron chi connectivity index (χ4n) is 4.46. The van der Waals surface area contributed by atoms with Gasteiger partial charge in [0.15, 0.2) is 11.2 Å². The van der Waals surface area contributed by atoms with Crippen LogP contribution >= 0.6 is 11.6 Å².